The highest BCUT2D eigenvalue weighted by molar-refractivity contribution is 6.45. The van der Waals surface area contributed by atoms with Crippen LogP contribution in [0, 0.1) is 0 Å². The molecule has 0 N–H and O–H groups in total. The topological polar surface area (TPSA) is 0 Å². The molecule has 4 rings (SSSR count). The van der Waals surface area contributed by atoms with E-state index in [2.05, 4.69) is 36.4 Å². The minimum absolute atomic E-state index is 0.742. The first-order chi connectivity index (χ1) is 9.77. The first-order valence-corrected chi connectivity index (χ1v) is 7.20. The Morgan fingerprint density at radius 3 is 1.30 bits per heavy atom. The summed E-state index contributed by atoms with van der Waals surface area (Å²) in [6, 6.07) is 20.4. The molecule has 0 radical (unpaired) electrons. The summed E-state index contributed by atoms with van der Waals surface area (Å²) < 4.78 is 0. The van der Waals surface area contributed by atoms with Crippen molar-refractivity contribution in [3.05, 3.63) is 70.7 Å². The van der Waals surface area contributed by atoms with Crippen molar-refractivity contribution >= 4 is 55.5 Å². The zero-order valence-corrected chi connectivity index (χ0v) is 12.0. The van der Waals surface area contributed by atoms with Crippen LogP contribution in [0.3, 0.4) is 0 Å². The number of halogens is 2. The average molecular weight is 297 g/mol. The maximum Gasteiger partial charge on any atom is 0.0491 e. The molecule has 0 fully saturated rings. The van der Waals surface area contributed by atoms with Gasteiger partial charge in [0.15, 0.2) is 0 Å². The molecule has 96 valence electrons. The van der Waals surface area contributed by atoms with Crippen molar-refractivity contribution in [2.24, 2.45) is 0 Å². The lowest BCUT2D eigenvalue weighted by Crippen LogP contribution is -1.84. The van der Waals surface area contributed by atoms with E-state index in [1.54, 1.807) is 0 Å². The smallest absolute Gasteiger partial charge is 0.0491 e. The van der Waals surface area contributed by atoms with Gasteiger partial charge in [-0.3, -0.25) is 0 Å². The third-order valence-corrected chi connectivity index (χ3v) is 4.41. The number of rotatable bonds is 0. The molecule has 0 spiro atoms. The molecule has 0 bridgehead atoms. The molecule has 0 aromatic heterocycles. The fourth-order valence-corrected chi connectivity index (χ4v) is 3.50. The Morgan fingerprint density at radius 2 is 0.850 bits per heavy atom. The van der Waals surface area contributed by atoms with Crippen molar-refractivity contribution in [1.29, 1.82) is 0 Å². The van der Waals surface area contributed by atoms with Gasteiger partial charge in [-0.2, -0.15) is 0 Å². The largest absolute Gasteiger partial charge is 0.0836 e. The van der Waals surface area contributed by atoms with Crippen molar-refractivity contribution in [3.63, 3.8) is 0 Å². The molecule has 0 atom stereocenters. The highest BCUT2D eigenvalue weighted by Gasteiger charge is 2.12. The summed E-state index contributed by atoms with van der Waals surface area (Å²) in [6.07, 6.45) is 0. The van der Waals surface area contributed by atoms with Gasteiger partial charge >= 0.3 is 0 Å². The van der Waals surface area contributed by atoms with Gasteiger partial charge in [-0.1, -0.05) is 71.7 Å². The molecule has 0 aliphatic carbocycles. The Bertz CT molecular complexity index is 891. The number of fused-ring (bicyclic) bond motifs is 6. The van der Waals surface area contributed by atoms with Gasteiger partial charge in [-0.25, -0.2) is 0 Å². The summed E-state index contributed by atoms with van der Waals surface area (Å²) >= 11 is 12.9. The van der Waals surface area contributed by atoms with Crippen molar-refractivity contribution in [2.75, 3.05) is 0 Å². The summed E-state index contributed by atoms with van der Waals surface area (Å²) in [5.74, 6) is 0. The lowest BCUT2D eigenvalue weighted by molar-refractivity contribution is 1.77. The average Bonchev–Trinajstić information content (AvgIpc) is 2.48. The third-order valence-electron chi connectivity index (χ3n) is 3.78. The molecule has 0 unspecified atom stereocenters. The van der Waals surface area contributed by atoms with Crippen LogP contribution in [-0.2, 0) is 0 Å². The van der Waals surface area contributed by atoms with E-state index in [1.807, 2.05) is 24.3 Å². The zero-order chi connectivity index (χ0) is 13.7. The van der Waals surface area contributed by atoms with Crippen LogP contribution in [-0.4, -0.2) is 0 Å². The summed E-state index contributed by atoms with van der Waals surface area (Å²) in [4.78, 5) is 0. The van der Waals surface area contributed by atoms with E-state index in [4.69, 9.17) is 23.2 Å². The van der Waals surface area contributed by atoms with Gasteiger partial charge in [-0.15, -0.1) is 0 Å². The van der Waals surface area contributed by atoms with Crippen LogP contribution >= 0.6 is 23.2 Å². The predicted octanol–water partition coefficient (Wildman–Crippen LogP) is 6.45. The third kappa shape index (κ3) is 1.56. The zero-order valence-electron chi connectivity index (χ0n) is 10.5. The molecule has 0 saturated carbocycles. The van der Waals surface area contributed by atoms with Crippen molar-refractivity contribution in [1.82, 2.24) is 0 Å². The lowest BCUT2D eigenvalue weighted by atomic mass is 9.94. The molecule has 0 amide bonds. The molecule has 0 heterocycles. The predicted molar refractivity (Wildman–Crippen MR) is 89.0 cm³/mol. The van der Waals surface area contributed by atoms with Crippen LogP contribution in [0.5, 0.6) is 0 Å². The molecule has 0 aliphatic heterocycles. The second-order valence-corrected chi connectivity index (χ2v) is 5.68. The number of hydrogen-bond donors (Lipinski definition) is 0. The first kappa shape index (κ1) is 12.0. The van der Waals surface area contributed by atoms with Crippen LogP contribution in [0.25, 0.3) is 32.3 Å². The van der Waals surface area contributed by atoms with Crippen molar-refractivity contribution in [2.45, 2.75) is 0 Å². The van der Waals surface area contributed by atoms with E-state index in [9.17, 15) is 0 Å². The Kier molecular flexibility index (Phi) is 2.63. The molecule has 4 aromatic rings. The Balaban J connectivity index is 2.49. The highest BCUT2D eigenvalue weighted by atomic mass is 35.5. The number of hydrogen-bond acceptors (Lipinski definition) is 0. The van der Waals surface area contributed by atoms with E-state index < -0.39 is 0 Å². The van der Waals surface area contributed by atoms with Crippen molar-refractivity contribution < 1.29 is 0 Å². The van der Waals surface area contributed by atoms with Gasteiger partial charge in [0.1, 0.15) is 0 Å². The maximum absolute atomic E-state index is 6.45. The molecule has 20 heavy (non-hydrogen) atoms. The molecule has 0 nitrogen and oxygen atoms in total. The summed E-state index contributed by atoms with van der Waals surface area (Å²) in [6.45, 7) is 0. The van der Waals surface area contributed by atoms with Gasteiger partial charge in [-0.05, 0) is 33.7 Å². The molecular formula is C18H10Cl2. The van der Waals surface area contributed by atoms with E-state index in [0.717, 1.165) is 31.6 Å². The van der Waals surface area contributed by atoms with Crippen LogP contribution < -0.4 is 0 Å². The van der Waals surface area contributed by atoms with E-state index in [1.165, 1.54) is 10.8 Å². The van der Waals surface area contributed by atoms with Gasteiger partial charge in [0.05, 0.1) is 0 Å². The SMILES string of the molecule is Clc1cccc2c3ccccc3c3cccc(Cl)c3c12. The molecule has 2 heteroatoms. The van der Waals surface area contributed by atoms with Crippen LogP contribution in [0.4, 0.5) is 0 Å². The van der Waals surface area contributed by atoms with Crippen molar-refractivity contribution in [3.8, 4) is 0 Å². The minimum atomic E-state index is 0.742. The Hall–Kier alpha value is -1.76. The Morgan fingerprint density at radius 1 is 0.450 bits per heavy atom. The monoisotopic (exact) mass is 296 g/mol. The fourth-order valence-electron chi connectivity index (χ4n) is 2.96. The van der Waals surface area contributed by atoms with Gasteiger partial charge in [0.25, 0.3) is 0 Å². The standard InChI is InChI=1S/C18H10Cl2/c19-15-9-3-7-13-11-5-1-2-6-12(11)14-8-4-10-16(20)18(14)17(13)15/h1-10H. The summed E-state index contributed by atoms with van der Waals surface area (Å²) in [5.41, 5.74) is 0. The second kappa shape index (κ2) is 4.37. The minimum Gasteiger partial charge on any atom is -0.0836 e. The van der Waals surface area contributed by atoms with Crippen LogP contribution in [0.15, 0.2) is 60.7 Å². The molecule has 0 aliphatic rings. The van der Waals surface area contributed by atoms with Gasteiger partial charge in [0.2, 0.25) is 0 Å². The van der Waals surface area contributed by atoms with Crippen LogP contribution in [0.2, 0.25) is 10.0 Å². The van der Waals surface area contributed by atoms with Gasteiger partial charge < -0.3 is 0 Å². The van der Waals surface area contributed by atoms with Crippen LogP contribution in [0.1, 0.15) is 0 Å². The fraction of sp³-hybridized carbons (Fsp3) is 0. The van der Waals surface area contributed by atoms with E-state index >= 15 is 0 Å². The molecule has 4 aromatic carbocycles. The second-order valence-electron chi connectivity index (χ2n) is 4.87. The van der Waals surface area contributed by atoms with E-state index in [-0.39, 0.29) is 0 Å². The Labute approximate surface area is 126 Å². The normalized spacial score (nSPS) is 11.5. The summed E-state index contributed by atoms with van der Waals surface area (Å²) in [7, 11) is 0. The quantitative estimate of drug-likeness (QED) is 0.327. The molecular weight excluding hydrogens is 287 g/mol. The van der Waals surface area contributed by atoms with Gasteiger partial charge in [0, 0.05) is 20.8 Å². The summed E-state index contributed by atoms with van der Waals surface area (Å²) in [5, 5.41) is 8.27. The molecule has 0 saturated heterocycles. The first-order valence-electron chi connectivity index (χ1n) is 6.44. The lowest BCUT2D eigenvalue weighted by Gasteiger charge is -2.12. The maximum atomic E-state index is 6.45. The van der Waals surface area contributed by atoms with E-state index in [0.29, 0.717) is 0 Å². The highest BCUT2D eigenvalue weighted by Crippen LogP contribution is 2.40. The number of benzene rings is 4.